The zero-order valence-corrected chi connectivity index (χ0v) is 21.8. The van der Waals surface area contributed by atoms with Crippen molar-refractivity contribution in [1.29, 1.82) is 0 Å². The van der Waals surface area contributed by atoms with Gasteiger partial charge in [-0.15, -0.1) is 11.8 Å². The number of thioether (sulfide) groups is 1. The molecule has 6 nitrogen and oxygen atoms in total. The third kappa shape index (κ3) is 7.83. The number of halogens is 1. The number of hydrogen-bond donors (Lipinski definition) is 3. The molecule has 4 aromatic carbocycles. The molecular formula is C30H24ClN3O3S. The van der Waals surface area contributed by atoms with E-state index in [0.29, 0.717) is 22.0 Å². The molecule has 0 aliphatic heterocycles. The lowest BCUT2D eigenvalue weighted by atomic mass is 10.1. The second-order valence-electron chi connectivity index (χ2n) is 8.09. The first-order valence-electron chi connectivity index (χ1n) is 11.7. The highest BCUT2D eigenvalue weighted by atomic mass is 35.5. The Bertz CT molecular complexity index is 1460. The van der Waals surface area contributed by atoms with Crippen molar-refractivity contribution < 1.29 is 14.4 Å². The van der Waals surface area contributed by atoms with Gasteiger partial charge in [-0.1, -0.05) is 78.3 Å². The number of rotatable bonds is 9. The molecule has 190 valence electrons. The molecule has 0 aliphatic carbocycles. The van der Waals surface area contributed by atoms with Gasteiger partial charge in [-0.05, 0) is 54.1 Å². The third-order valence-electron chi connectivity index (χ3n) is 5.25. The van der Waals surface area contributed by atoms with Crippen LogP contribution in [-0.2, 0) is 9.59 Å². The van der Waals surface area contributed by atoms with Gasteiger partial charge in [-0.2, -0.15) is 0 Å². The van der Waals surface area contributed by atoms with Gasteiger partial charge in [0.05, 0.1) is 16.5 Å². The average molecular weight is 542 g/mol. The normalized spacial score (nSPS) is 10.9. The van der Waals surface area contributed by atoms with Crippen LogP contribution in [-0.4, -0.2) is 23.5 Å². The maximum Gasteiger partial charge on any atom is 0.272 e. The Morgan fingerprint density at radius 1 is 0.763 bits per heavy atom. The van der Waals surface area contributed by atoms with E-state index in [1.807, 2.05) is 42.5 Å². The molecule has 0 aliphatic rings. The second-order valence-corrected chi connectivity index (χ2v) is 9.54. The maximum absolute atomic E-state index is 13.2. The van der Waals surface area contributed by atoms with Crippen LogP contribution in [0.5, 0.6) is 0 Å². The van der Waals surface area contributed by atoms with Crippen LogP contribution in [0.1, 0.15) is 15.9 Å². The Kier molecular flexibility index (Phi) is 9.34. The zero-order valence-electron chi connectivity index (χ0n) is 20.2. The Labute approximate surface area is 230 Å². The van der Waals surface area contributed by atoms with Crippen molar-refractivity contribution in [3.63, 3.8) is 0 Å². The van der Waals surface area contributed by atoms with E-state index in [0.717, 1.165) is 10.5 Å². The van der Waals surface area contributed by atoms with E-state index in [1.54, 1.807) is 72.8 Å². The first-order valence-corrected chi connectivity index (χ1v) is 13.1. The Hall–Kier alpha value is -4.33. The van der Waals surface area contributed by atoms with Crippen LogP contribution in [0, 0.1) is 0 Å². The standard InChI is InChI=1S/C30H24ClN3O3S/c31-25-16-7-8-17-26(25)33-28(35)20-38-24-15-9-14-23(19-24)32-30(37)27(18-21-10-3-1-4-11-21)34-29(36)22-12-5-2-6-13-22/h1-19H,20H2,(H,32,37)(H,33,35)(H,34,36)/b27-18-. The van der Waals surface area contributed by atoms with E-state index in [4.69, 9.17) is 11.6 Å². The molecule has 0 bridgehead atoms. The van der Waals surface area contributed by atoms with E-state index in [9.17, 15) is 14.4 Å². The SMILES string of the molecule is O=C(CSc1cccc(NC(=O)/C(=C/c2ccccc2)NC(=O)c2ccccc2)c1)Nc1ccccc1Cl. The van der Waals surface area contributed by atoms with Crippen LogP contribution >= 0.6 is 23.4 Å². The fraction of sp³-hybridized carbons (Fsp3) is 0.0333. The molecule has 0 fully saturated rings. The van der Waals surface area contributed by atoms with Crippen molar-refractivity contribution in [1.82, 2.24) is 5.32 Å². The number of hydrogen-bond acceptors (Lipinski definition) is 4. The molecule has 8 heteroatoms. The molecule has 4 rings (SSSR count). The van der Waals surface area contributed by atoms with Crippen molar-refractivity contribution in [3.05, 3.63) is 131 Å². The van der Waals surface area contributed by atoms with Gasteiger partial charge in [0.15, 0.2) is 0 Å². The summed E-state index contributed by atoms with van der Waals surface area (Å²) in [5.74, 6) is -0.905. The smallest absolute Gasteiger partial charge is 0.272 e. The number of para-hydroxylation sites is 1. The molecule has 0 saturated carbocycles. The number of nitrogens with one attached hydrogen (secondary N) is 3. The van der Waals surface area contributed by atoms with Crippen LogP contribution in [0.3, 0.4) is 0 Å². The minimum Gasteiger partial charge on any atom is -0.324 e. The monoisotopic (exact) mass is 541 g/mol. The highest BCUT2D eigenvalue weighted by Gasteiger charge is 2.15. The van der Waals surface area contributed by atoms with Gasteiger partial charge in [0, 0.05) is 16.1 Å². The van der Waals surface area contributed by atoms with E-state index >= 15 is 0 Å². The number of anilines is 2. The van der Waals surface area contributed by atoms with Gasteiger partial charge < -0.3 is 16.0 Å². The summed E-state index contributed by atoms with van der Waals surface area (Å²) in [6, 6.07) is 32.1. The summed E-state index contributed by atoms with van der Waals surface area (Å²) in [5, 5.41) is 8.82. The zero-order chi connectivity index (χ0) is 26.7. The summed E-state index contributed by atoms with van der Waals surface area (Å²) in [6.45, 7) is 0. The topological polar surface area (TPSA) is 87.3 Å². The van der Waals surface area contributed by atoms with Gasteiger partial charge in [-0.3, -0.25) is 14.4 Å². The van der Waals surface area contributed by atoms with Gasteiger partial charge in [0.2, 0.25) is 5.91 Å². The molecule has 0 unspecified atom stereocenters. The molecule has 38 heavy (non-hydrogen) atoms. The molecule has 0 saturated heterocycles. The van der Waals surface area contributed by atoms with Gasteiger partial charge >= 0.3 is 0 Å². The Morgan fingerprint density at radius 2 is 1.45 bits per heavy atom. The first kappa shape index (κ1) is 26.7. The number of benzene rings is 4. The molecule has 0 radical (unpaired) electrons. The van der Waals surface area contributed by atoms with Gasteiger partial charge in [0.25, 0.3) is 11.8 Å². The van der Waals surface area contributed by atoms with Crippen molar-refractivity contribution >= 4 is 58.5 Å². The molecule has 0 heterocycles. The fourth-order valence-electron chi connectivity index (χ4n) is 3.42. The number of amides is 3. The molecule has 4 aromatic rings. The quantitative estimate of drug-likeness (QED) is 0.167. The number of carbonyl (C=O) groups is 3. The average Bonchev–Trinajstić information content (AvgIpc) is 2.94. The Balaban J connectivity index is 1.43. The summed E-state index contributed by atoms with van der Waals surface area (Å²) in [5.41, 5.74) is 2.38. The molecule has 0 aromatic heterocycles. The fourth-order valence-corrected chi connectivity index (χ4v) is 4.36. The van der Waals surface area contributed by atoms with E-state index in [-0.39, 0.29) is 17.4 Å². The minimum absolute atomic E-state index is 0.0993. The summed E-state index contributed by atoms with van der Waals surface area (Å²) in [4.78, 5) is 39.2. The van der Waals surface area contributed by atoms with Crippen LogP contribution in [0.4, 0.5) is 11.4 Å². The molecule has 0 atom stereocenters. The summed E-state index contributed by atoms with van der Waals surface area (Å²) in [7, 11) is 0. The molecule has 3 amide bonds. The maximum atomic E-state index is 13.2. The van der Waals surface area contributed by atoms with Crippen molar-refractivity contribution in [2.24, 2.45) is 0 Å². The Morgan fingerprint density at radius 3 is 2.18 bits per heavy atom. The molecule has 0 spiro atoms. The lowest BCUT2D eigenvalue weighted by molar-refractivity contribution is -0.114. The second kappa shape index (κ2) is 13.3. The molecular weight excluding hydrogens is 518 g/mol. The van der Waals surface area contributed by atoms with Crippen LogP contribution in [0.2, 0.25) is 5.02 Å². The third-order valence-corrected chi connectivity index (χ3v) is 6.57. The molecule has 3 N–H and O–H groups in total. The first-order chi connectivity index (χ1) is 18.5. The van der Waals surface area contributed by atoms with Crippen molar-refractivity contribution in [3.8, 4) is 0 Å². The van der Waals surface area contributed by atoms with Gasteiger partial charge in [-0.25, -0.2) is 0 Å². The summed E-state index contributed by atoms with van der Waals surface area (Å²) < 4.78 is 0. The summed E-state index contributed by atoms with van der Waals surface area (Å²) >= 11 is 7.43. The van der Waals surface area contributed by atoms with Crippen LogP contribution < -0.4 is 16.0 Å². The van der Waals surface area contributed by atoms with Gasteiger partial charge in [0.1, 0.15) is 5.70 Å². The largest absolute Gasteiger partial charge is 0.324 e. The highest BCUT2D eigenvalue weighted by molar-refractivity contribution is 8.00. The van der Waals surface area contributed by atoms with Crippen LogP contribution in [0.15, 0.2) is 120 Å². The minimum atomic E-state index is -0.475. The van der Waals surface area contributed by atoms with E-state index < -0.39 is 11.8 Å². The lowest BCUT2D eigenvalue weighted by Crippen LogP contribution is -2.30. The van der Waals surface area contributed by atoms with E-state index in [1.165, 1.54) is 11.8 Å². The predicted octanol–water partition coefficient (Wildman–Crippen LogP) is 6.48. The number of carbonyl (C=O) groups excluding carboxylic acids is 3. The predicted molar refractivity (Wildman–Crippen MR) is 154 cm³/mol. The van der Waals surface area contributed by atoms with E-state index in [2.05, 4.69) is 16.0 Å². The summed E-state index contributed by atoms with van der Waals surface area (Å²) in [6.07, 6.45) is 1.62. The highest BCUT2D eigenvalue weighted by Crippen LogP contribution is 2.24. The van der Waals surface area contributed by atoms with Crippen molar-refractivity contribution in [2.45, 2.75) is 4.90 Å². The lowest BCUT2D eigenvalue weighted by Gasteiger charge is -2.12. The van der Waals surface area contributed by atoms with Crippen LogP contribution in [0.25, 0.3) is 6.08 Å². The van der Waals surface area contributed by atoms with Crippen molar-refractivity contribution in [2.75, 3.05) is 16.4 Å².